The van der Waals surface area contributed by atoms with Gasteiger partial charge in [-0.3, -0.25) is 4.90 Å². The number of rotatable bonds is 7. The number of aromatic hydroxyl groups is 1. The van der Waals surface area contributed by atoms with Crippen LogP contribution in [0.2, 0.25) is 0 Å². The Labute approximate surface area is 265 Å². The van der Waals surface area contributed by atoms with Crippen molar-refractivity contribution in [2.24, 2.45) is 5.41 Å². The van der Waals surface area contributed by atoms with Gasteiger partial charge in [0.1, 0.15) is 22.9 Å². The van der Waals surface area contributed by atoms with Gasteiger partial charge in [0.2, 0.25) is 0 Å². The number of hydrogen-bond donors (Lipinski definition) is 2. The smallest absolute Gasteiger partial charge is 0.319 e. The molecule has 4 bridgehead atoms. The van der Waals surface area contributed by atoms with Gasteiger partial charge in [-0.1, -0.05) is 18.1 Å². The van der Waals surface area contributed by atoms with Crippen LogP contribution in [0.4, 0.5) is 14.6 Å². The maximum atomic E-state index is 16.9. The predicted molar refractivity (Wildman–Crippen MR) is 171 cm³/mol. The second kappa shape index (κ2) is 10.5. The summed E-state index contributed by atoms with van der Waals surface area (Å²) in [6.45, 7) is 4.71. The van der Waals surface area contributed by atoms with E-state index in [9.17, 15) is 9.50 Å². The molecule has 4 atom stereocenters. The fourth-order valence-electron chi connectivity index (χ4n) is 8.23. The maximum absolute atomic E-state index is 16.9. The molecule has 2 N–H and O–H groups in total. The molecule has 1 saturated carbocycles. The number of terminal acetylenes is 1. The second-order valence-electron chi connectivity index (χ2n) is 13.9. The summed E-state index contributed by atoms with van der Waals surface area (Å²) >= 11 is 0. The first-order valence-corrected chi connectivity index (χ1v) is 16.3. The van der Waals surface area contributed by atoms with E-state index in [4.69, 9.17) is 20.9 Å². The number of fused-ring (bicyclic) bond motifs is 6. The summed E-state index contributed by atoms with van der Waals surface area (Å²) in [5, 5.41) is 15.7. The largest absolute Gasteiger partial charge is 0.508 e. The molecule has 0 spiro atoms. The lowest BCUT2D eigenvalue weighted by molar-refractivity contribution is 0.0176. The van der Waals surface area contributed by atoms with Gasteiger partial charge in [0.15, 0.2) is 5.82 Å². The van der Waals surface area contributed by atoms with Gasteiger partial charge in [0.05, 0.1) is 24.9 Å². The Kier molecular flexibility index (Phi) is 6.43. The topological polar surface area (TPSA) is 83.0 Å². The molecule has 8 nitrogen and oxygen atoms in total. The number of piperazine rings is 1. The lowest BCUT2D eigenvalue weighted by atomic mass is 9.93. The summed E-state index contributed by atoms with van der Waals surface area (Å²) in [6, 6.07) is 10.5. The Morgan fingerprint density at radius 2 is 1.89 bits per heavy atom. The molecule has 236 valence electrons. The molecule has 9 rings (SSSR count). The highest BCUT2D eigenvalue weighted by Gasteiger charge is 2.49. The third kappa shape index (κ3) is 4.67. The van der Waals surface area contributed by atoms with Crippen LogP contribution in [-0.2, 0) is 4.74 Å². The monoisotopic (exact) mass is 623 g/mol. The van der Waals surface area contributed by atoms with E-state index < -0.39 is 11.6 Å². The molecular formula is C36H35F2N5O3. The van der Waals surface area contributed by atoms with Crippen molar-refractivity contribution in [2.75, 3.05) is 44.3 Å². The summed E-state index contributed by atoms with van der Waals surface area (Å²) in [4.78, 5) is 14.3. The zero-order valence-electron chi connectivity index (χ0n) is 25.4. The number of phenolic OH excluding ortho intramolecular Hbond substituents is 1. The van der Waals surface area contributed by atoms with Crippen LogP contribution < -0.4 is 15.0 Å². The highest BCUT2D eigenvalue weighted by Crippen LogP contribution is 2.48. The minimum Gasteiger partial charge on any atom is -0.508 e. The fraction of sp³-hybridized carbons (Fsp3) is 0.444. The first-order chi connectivity index (χ1) is 22.4. The number of aromatic nitrogens is 2. The zero-order valence-corrected chi connectivity index (χ0v) is 25.4. The summed E-state index contributed by atoms with van der Waals surface area (Å²) in [5.74, 6) is 1.82. The molecule has 46 heavy (non-hydrogen) atoms. The van der Waals surface area contributed by atoms with E-state index in [2.05, 4.69) is 26.0 Å². The minimum atomic E-state index is -0.600. The molecule has 4 aromatic rings. The van der Waals surface area contributed by atoms with Gasteiger partial charge in [-0.2, -0.15) is 9.97 Å². The van der Waals surface area contributed by atoms with Gasteiger partial charge >= 0.3 is 6.01 Å². The number of benzene rings is 3. The van der Waals surface area contributed by atoms with Crippen LogP contribution in [0.1, 0.15) is 37.7 Å². The minimum absolute atomic E-state index is 0.0169. The quantitative estimate of drug-likeness (QED) is 0.279. The molecule has 4 aliphatic heterocycles. The van der Waals surface area contributed by atoms with Crippen LogP contribution in [-0.4, -0.2) is 83.6 Å². The Balaban J connectivity index is 1.13. The summed E-state index contributed by atoms with van der Waals surface area (Å²) in [7, 11) is 0. The summed E-state index contributed by atoms with van der Waals surface area (Å²) in [5.41, 5.74) is 0.635. The molecule has 5 aliphatic rings. The molecule has 0 amide bonds. The zero-order chi connectivity index (χ0) is 31.2. The number of nitrogens with zero attached hydrogens (tertiary/aromatic N) is 4. The number of anilines is 1. The van der Waals surface area contributed by atoms with Crippen molar-refractivity contribution < 1.29 is 23.4 Å². The number of hydrogen-bond acceptors (Lipinski definition) is 8. The highest BCUT2D eigenvalue weighted by atomic mass is 19.1. The number of halogens is 2. The van der Waals surface area contributed by atoms with Crippen LogP contribution in [0, 0.1) is 29.4 Å². The second-order valence-corrected chi connectivity index (χ2v) is 13.9. The van der Waals surface area contributed by atoms with Gasteiger partial charge in [0.25, 0.3) is 0 Å². The van der Waals surface area contributed by atoms with Gasteiger partial charge in [-0.25, -0.2) is 8.78 Å². The van der Waals surface area contributed by atoms with Crippen molar-refractivity contribution in [1.29, 1.82) is 0 Å². The van der Waals surface area contributed by atoms with Crippen LogP contribution in [0.25, 0.3) is 32.8 Å². The average Bonchev–Trinajstić information content (AvgIpc) is 3.31. The summed E-state index contributed by atoms with van der Waals surface area (Å²) in [6.07, 6.45) is 11.5. The molecular weight excluding hydrogens is 588 g/mol. The Hall–Kier alpha value is -4.04. The van der Waals surface area contributed by atoms with E-state index in [1.165, 1.54) is 24.3 Å². The van der Waals surface area contributed by atoms with Gasteiger partial charge < -0.3 is 24.8 Å². The van der Waals surface area contributed by atoms with Crippen molar-refractivity contribution in [1.82, 2.24) is 20.2 Å². The van der Waals surface area contributed by atoms with Gasteiger partial charge in [0, 0.05) is 66.1 Å². The molecule has 0 radical (unpaired) electrons. The van der Waals surface area contributed by atoms with Gasteiger partial charge in [-0.15, -0.1) is 6.42 Å². The van der Waals surface area contributed by atoms with Crippen molar-refractivity contribution in [3.8, 4) is 35.2 Å². The van der Waals surface area contributed by atoms with E-state index in [-0.39, 0.29) is 33.8 Å². The molecule has 3 aromatic carbocycles. The highest BCUT2D eigenvalue weighted by molar-refractivity contribution is 6.04. The third-order valence-electron chi connectivity index (χ3n) is 10.8. The number of morpholine rings is 1. The van der Waals surface area contributed by atoms with E-state index in [0.29, 0.717) is 58.4 Å². The van der Waals surface area contributed by atoms with Crippen LogP contribution in [0.5, 0.6) is 11.8 Å². The van der Waals surface area contributed by atoms with Crippen molar-refractivity contribution in [3.63, 3.8) is 0 Å². The van der Waals surface area contributed by atoms with Gasteiger partial charge in [-0.05, 0) is 67.3 Å². The predicted octanol–water partition coefficient (Wildman–Crippen LogP) is 4.99. The number of phenols is 1. The molecule has 10 heteroatoms. The van der Waals surface area contributed by atoms with Crippen LogP contribution in [0.15, 0.2) is 36.4 Å². The van der Waals surface area contributed by atoms with Crippen LogP contribution in [0.3, 0.4) is 0 Å². The first kappa shape index (κ1) is 28.2. The molecule has 4 saturated heterocycles. The molecule has 2 unspecified atom stereocenters. The molecule has 1 aromatic heterocycles. The number of likely N-dealkylation sites (tertiary alicyclic amines) is 1. The Morgan fingerprint density at radius 3 is 2.61 bits per heavy atom. The number of nitrogens with one attached hydrogen (secondary N) is 1. The average molecular weight is 624 g/mol. The number of ether oxygens (including phenoxy) is 2. The lowest BCUT2D eigenvalue weighted by Gasteiger charge is -2.34. The Bertz CT molecular complexity index is 1930. The molecule has 5 heterocycles. The lowest BCUT2D eigenvalue weighted by Crippen LogP contribution is -2.51. The Morgan fingerprint density at radius 1 is 1.07 bits per heavy atom. The normalized spacial score (nSPS) is 26.2. The van der Waals surface area contributed by atoms with E-state index >= 15 is 4.39 Å². The molecule has 1 aliphatic carbocycles. The van der Waals surface area contributed by atoms with Crippen molar-refractivity contribution in [3.05, 3.63) is 53.6 Å². The summed E-state index contributed by atoms with van der Waals surface area (Å²) < 4.78 is 43.9. The SMILES string of the molecule is C#Cc1c(F)ccc2cc(O)cc(-c3ccc4c(N5CC6CCC(C5)N6)nc(OCC5(CN6C[C@H]7C[C@@H]6CO7)CC5)nc4c3F)c12. The molecule has 5 fully saturated rings. The van der Waals surface area contributed by atoms with E-state index in [1.54, 1.807) is 6.07 Å². The van der Waals surface area contributed by atoms with E-state index in [1.807, 2.05) is 6.07 Å². The standard InChI is InChI=1S/C36H35F2N5O3/c1-2-26-30(37)8-3-20-11-24(44)13-29(31(20)26)27-6-7-28-33(32(27)38)40-35(41-34(28)42-14-21-4-5-22(15-42)39-21)46-19-36(9-10-36)18-43-16-25-12-23(43)17-45-25/h1,3,6-8,11,13,21-23,25,39,44H,4-5,9-10,12,14-19H2/t21?,22?,23-,25-/m1/s1. The maximum Gasteiger partial charge on any atom is 0.319 e. The van der Waals surface area contributed by atoms with Crippen molar-refractivity contribution in [2.45, 2.75) is 56.3 Å². The van der Waals surface area contributed by atoms with E-state index in [0.717, 1.165) is 64.9 Å². The van der Waals surface area contributed by atoms with Crippen LogP contribution >= 0.6 is 0 Å². The first-order valence-electron chi connectivity index (χ1n) is 16.3. The van der Waals surface area contributed by atoms with Crippen molar-refractivity contribution >= 4 is 27.5 Å². The third-order valence-corrected chi connectivity index (χ3v) is 10.8. The fourth-order valence-corrected chi connectivity index (χ4v) is 8.23.